The van der Waals surface area contributed by atoms with Crippen molar-refractivity contribution in [3.63, 3.8) is 0 Å². The normalized spacial score (nSPS) is 15.9. The van der Waals surface area contributed by atoms with Gasteiger partial charge >= 0.3 is 0 Å². The van der Waals surface area contributed by atoms with E-state index in [9.17, 15) is 9.59 Å². The van der Waals surface area contributed by atoms with Gasteiger partial charge in [0.2, 0.25) is 5.91 Å². The van der Waals surface area contributed by atoms with E-state index in [1.807, 2.05) is 42.1 Å². The first-order valence-corrected chi connectivity index (χ1v) is 9.95. The third-order valence-corrected chi connectivity index (χ3v) is 5.33. The molecule has 4 rings (SSSR count). The average molecular weight is 381 g/mol. The molecule has 2 saturated carbocycles. The second-order valence-electron chi connectivity index (χ2n) is 8.11. The summed E-state index contributed by atoms with van der Waals surface area (Å²) in [6.07, 6.45) is 5.81. The van der Waals surface area contributed by atoms with Crippen LogP contribution in [0.3, 0.4) is 0 Å². The summed E-state index contributed by atoms with van der Waals surface area (Å²) in [4.78, 5) is 29.0. The van der Waals surface area contributed by atoms with Gasteiger partial charge in [-0.2, -0.15) is 0 Å². The second-order valence-corrected chi connectivity index (χ2v) is 8.11. The van der Waals surface area contributed by atoms with Crippen LogP contribution in [-0.4, -0.2) is 37.4 Å². The molecule has 2 aromatic rings. The molecule has 2 aliphatic rings. The van der Waals surface area contributed by atoms with Gasteiger partial charge in [-0.25, -0.2) is 0 Å². The molecule has 0 aliphatic heterocycles. The van der Waals surface area contributed by atoms with Crippen molar-refractivity contribution in [2.75, 3.05) is 30.9 Å². The van der Waals surface area contributed by atoms with Gasteiger partial charge in [0.15, 0.2) is 5.76 Å². The van der Waals surface area contributed by atoms with Crippen LogP contribution in [0.15, 0.2) is 41.0 Å². The van der Waals surface area contributed by atoms with Crippen molar-refractivity contribution < 1.29 is 14.0 Å². The molecule has 2 amide bonds. The molecule has 2 aliphatic carbocycles. The fraction of sp³-hybridized carbons (Fsp3) is 0.455. The summed E-state index contributed by atoms with van der Waals surface area (Å²) in [6, 6.07) is 9.37. The number of hydrogen-bond donors (Lipinski definition) is 1. The Kier molecular flexibility index (Phi) is 5.11. The van der Waals surface area contributed by atoms with Gasteiger partial charge in [0, 0.05) is 44.5 Å². The molecule has 1 heterocycles. The molecule has 0 atom stereocenters. The van der Waals surface area contributed by atoms with Crippen LogP contribution >= 0.6 is 0 Å². The predicted octanol–water partition coefficient (Wildman–Crippen LogP) is 3.75. The van der Waals surface area contributed by atoms with Crippen LogP contribution < -0.4 is 10.2 Å². The first kappa shape index (κ1) is 18.6. The smallest absolute Gasteiger partial charge is 0.289 e. The molecule has 0 bridgehead atoms. The van der Waals surface area contributed by atoms with E-state index in [4.69, 9.17) is 4.42 Å². The van der Waals surface area contributed by atoms with Crippen LogP contribution in [0.5, 0.6) is 0 Å². The first-order valence-electron chi connectivity index (χ1n) is 9.95. The zero-order chi connectivity index (χ0) is 19.7. The SMILES string of the molecule is CN(C)c1ccc(NC(=O)C2CC2)cc1CN(CC1CC1)C(=O)c1ccco1. The number of carbonyl (C=O) groups excluding carboxylic acids is 2. The maximum absolute atomic E-state index is 13.0. The van der Waals surface area contributed by atoms with Crippen LogP contribution in [-0.2, 0) is 11.3 Å². The quantitative estimate of drug-likeness (QED) is 0.756. The van der Waals surface area contributed by atoms with E-state index in [0.717, 1.165) is 36.3 Å². The van der Waals surface area contributed by atoms with Crippen molar-refractivity contribution in [3.05, 3.63) is 47.9 Å². The minimum atomic E-state index is -0.0889. The molecule has 1 aromatic heterocycles. The molecule has 0 saturated heterocycles. The van der Waals surface area contributed by atoms with Crippen LogP contribution in [0.25, 0.3) is 0 Å². The third kappa shape index (κ3) is 4.38. The fourth-order valence-corrected chi connectivity index (χ4v) is 3.41. The lowest BCUT2D eigenvalue weighted by atomic mass is 10.1. The monoisotopic (exact) mass is 381 g/mol. The van der Waals surface area contributed by atoms with Crippen molar-refractivity contribution in [2.45, 2.75) is 32.2 Å². The lowest BCUT2D eigenvalue weighted by Crippen LogP contribution is -2.33. The minimum absolute atomic E-state index is 0.0880. The lowest BCUT2D eigenvalue weighted by Gasteiger charge is -2.26. The van der Waals surface area contributed by atoms with Crippen molar-refractivity contribution in [2.24, 2.45) is 11.8 Å². The lowest BCUT2D eigenvalue weighted by molar-refractivity contribution is -0.117. The zero-order valence-corrected chi connectivity index (χ0v) is 16.5. The Labute approximate surface area is 165 Å². The van der Waals surface area contributed by atoms with E-state index in [0.29, 0.717) is 18.2 Å². The standard InChI is InChI=1S/C22H27N3O3/c1-24(2)19-10-9-18(23-21(26)16-7-8-16)12-17(19)14-25(13-15-5-6-15)22(27)20-4-3-11-28-20/h3-4,9-12,15-16H,5-8,13-14H2,1-2H3,(H,23,26). The molecule has 6 heteroatoms. The largest absolute Gasteiger partial charge is 0.459 e. The summed E-state index contributed by atoms with van der Waals surface area (Å²) in [5.74, 6) is 1.09. The number of anilines is 2. The molecule has 1 aromatic carbocycles. The fourth-order valence-electron chi connectivity index (χ4n) is 3.41. The molecule has 0 unspecified atom stereocenters. The van der Waals surface area contributed by atoms with Gasteiger partial charge in [0.1, 0.15) is 0 Å². The third-order valence-electron chi connectivity index (χ3n) is 5.33. The van der Waals surface area contributed by atoms with Gasteiger partial charge < -0.3 is 19.5 Å². The molecule has 0 radical (unpaired) electrons. The summed E-state index contributed by atoms with van der Waals surface area (Å²) in [5.41, 5.74) is 2.84. The highest BCUT2D eigenvalue weighted by Gasteiger charge is 2.30. The Bertz CT molecular complexity index is 852. The van der Waals surface area contributed by atoms with Gasteiger partial charge in [-0.1, -0.05) is 0 Å². The highest BCUT2D eigenvalue weighted by molar-refractivity contribution is 5.94. The predicted molar refractivity (Wildman–Crippen MR) is 108 cm³/mol. The highest BCUT2D eigenvalue weighted by Crippen LogP contribution is 2.33. The Hall–Kier alpha value is -2.76. The highest BCUT2D eigenvalue weighted by atomic mass is 16.3. The maximum atomic E-state index is 13.0. The Balaban J connectivity index is 1.58. The molecule has 6 nitrogen and oxygen atoms in total. The van der Waals surface area contributed by atoms with E-state index in [2.05, 4.69) is 5.32 Å². The number of hydrogen-bond acceptors (Lipinski definition) is 4. The van der Waals surface area contributed by atoms with Gasteiger partial charge in [0.05, 0.1) is 6.26 Å². The summed E-state index contributed by atoms with van der Waals surface area (Å²) >= 11 is 0. The zero-order valence-electron chi connectivity index (χ0n) is 16.5. The van der Waals surface area contributed by atoms with Crippen LogP contribution in [0.2, 0.25) is 0 Å². The van der Waals surface area contributed by atoms with Gasteiger partial charge in [-0.15, -0.1) is 0 Å². The van der Waals surface area contributed by atoms with Crippen molar-refractivity contribution in [1.82, 2.24) is 4.90 Å². The molecule has 0 spiro atoms. The number of nitrogens with one attached hydrogen (secondary N) is 1. The van der Waals surface area contributed by atoms with E-state index >= 15 is 0 Å². The number of rotatable bonds is 8. The Morgan fingerprint density at radius 2 is 1.93 bits per heavy atom. The summed E-state index contributed by atoms with van der Waals surface area (Å²) in [5, 5.41) is 3.01. The number of furan rings is 1. The molecule has 148 valence electrons. The average Bonchev–Trinajstić information content (AvgIpc) is 3.60. The molecule has 2 fully saturated rings. The number of nitrogens with zero attached hydrogens (tertiary/aromatic N) is 2. The maximum Gasteiger partial charge on any atom is 0.289 e. The summed E-state index contributed by atoms with van der Waals surface area (Å²) in [7, 11) is 3.97. The minimum Gasteiger partial charge on any atom is -0.459 e. The molecular weight excluding hydrogens is 354 g/mol. The van der Waals surface area contributed by atoms with Crippen LogP contribution in [0.4, 0.5) is 11.4 Å². The van der Waals surface area contributed by atoms with E-state index < -0.39 is 0 Å². The number of benzene rings is 1. The molecular formula is C22H27N3O3. The Morgan fingerprint density at radius 3 is 2.54 bits per heavy atom. The molecule has 28 heavy (non-hydrogen) atoms. The van der Waals surface area contributed by atoms with Gasteiger partial charge in [-0.3, -0.25) is 9.59 Å². The number of amides is 2. The van der Waals surface area contributed by atoms with Crippen molar-refractivity contribution in [3.8, 4) is 0 Å². The second kappa shape index (κ2) is 7.70. The summed E-state index contributed by atoms with van der Waals surface area (Å²) < 4.78 is 5.34. The van der Waals surface area contributed by atoms with Crippen molar-refractivity contribution >= 4 is 23.2 Å². The first-order chi connectivity index (χ1) is 13.5. The van der Waals surface area contributed by atoms with Crippen molar-refractivity contribution in [1.29, 1.82) is 0 Å². The van der Waals surface area contributed by atoms with E-state index in [-0.39, 0.29) is 17.7 Å². The molecule has 1 N–H and O–H groups in total. The van der Waals surface area contributed by atoms with Crippen LogP contribution in [0, 0.1) is 11.8 Å². The summed E-state index contributed by atoms with van der Waals surface area (Å²) in [6.45, 7) is 1.21. The van der Waals surface area contributed by atoms with E-state index in [1.165, 1.54) is 19.1 Å². The number of carbonyl (C=O) groups is 2. The topological polar surface area (TPSA) is 65.8 Å². The van der Waals surface area contributed by atoms with Gasteiger partial charge in [0.25, 0.3) is 5.91 Å². The van der Waals surface area contributed by atoms with E-state index in [1.54, 1.807) is 12.1 Å². The van der Waals surface area contributed by atoms with Gasteiger partial charge in [-0.05, 0) is 67.5 Å². The van der Waals surface area contributed by atoms with Crippen LogP contribution in [0.1, 0.15) is 41.8 Å². The Morgan fingerprint density at radius 1 is 1.14 bits per heavy atom.